The second-order valence-corrected chi connectivity index (χ2v) is 6.32. The minimum atomic E-state index is 0.564. The van der Waals surface area contributed by atoms with Crippen LogP contribution in [0.4, 0.5) is 0 Å². The molecule has 0 aromatic carbocycles. The zero-order valence-corrected chi connectivity index (χ0v) is 9.47. The van der Waals surface area contributed by atoms with Crippen molar-refractivity contribution in [3.8, 4) is 0 Å². The number of hydrogen-bond acceptors (Lipinski definition) is 0. The van der Waals surface area contributed by atoms with E-state index in [1.165, 1.54) is 25.7 Å². The predicted octanol–water partition coefficient (Wildman–Crippen LogP) is 4.25. The molecule has 0 heterocycles. The molecule has 0 bridgehead atoms. The number of hydrogen-bond donors (Lipinski definition) is 0. The highest BCUT2D eigenvalue weighted by atomic mass is 14.4. The molecule has 13 heavy (non-hydrogen) atoms. The van der Waals surface area contributed by atoms with E-state index >= 15 is 0 Å². The third-order valence-electron chi connectivity index (χ3n) is 4.29. The summed E-state index contributed by atoms with van der Waals surface area (Å²) in [7, 11) is 0. The molecule has 2 aliphatic carbocycles. The summed E-state index contributed by atoms with van der Waals surface area (Å²) in [6.07, 6.45) is 9.17. The van der Waals surface area contributed by atoms with Crippen molar-refractivity contribution in [2.45, 2.75) is 59.3 Å². The molecule has 0 N–H and O–H groups in total. The first kappa shape index (κ1) is 9.55. The van der Waals surface area contributed by atoms with Gasteiger partial charge in [0.1, 0.15) is 0 Å². The molecule has 0 aliphatic heterocycles. The molecule has 0 unspecified atom stereocenters. The standard InChI is InChI=1S/C13H24/c1-13(2,3)12-8-6-11(7-9-12)10-4-5-10/h10-12H,4-9H2,1-3H3. The van der Waals surface area contributed by atoms with Crippen molar-refractivity contribution in [1.82, 2.24) is 0 Å². The van der Waals surface area contributed by atoms with Crippen LogP contribution in [0.1, 0.15) is 59.3 Å². The van der Waals surface area contributed by atoms with E-state index in [1.807, 2.05) is 0 Å². The first-order valence-corrected chi connectivity index (χ1v) is 6.07. The van der Waals surface area contributed by atoms with Crippen molar-refractivity contribution in [3.63, 3.8) is 0 Å². The molecular weight excluding hydrogens is 156 g/mol. The van der Waals surface area contributed by atoms with Gasteiger partial charge in [-0.05, 0) is 61.7 Å². The van der Waals surface area contributed by atoms with Crippen LogP contribution in [-0.2, 0) is 0 Å². The maximum absolute atomic E-state index is 2.41. The zero-order chi connectivity index (χ0) is 9.47. The molecule has 0 heteroatoms. The number of rotatable bonds is 1. The van der Waals surface area contributed by atoms with Gasteiger partial charge in [-0.3, -0.25) is 0 Å². The molecule has 2 saturated carbocycles. The molecule has 0 radical (unpaired) electrons. The summed E-state index contributed by atoms with van der Waals surface area (Å²) in [5.41, 5.74) is 0.564. The summed E-state index contributed by atoms with van der Waals surface area (Å²) >= 11 is 0. The molecule has 0 aromatic rings. The zero-order valence-electron chi connectivity index (χ0n) is 9.47. The van der Waals surface area contributed by atoms with Gasteiger partial charge >= 0.3 is 0 Å². The monoisotopic (exact) mass is 180 g/mol. The predicted molar refractivity (Wildman–Crippen MR) is 57.6 cm³/mol. The Bertz CT molecular complexity index is 163. The fourth-order valence-corrected chi connectivity index (χ4v) is 3.02. The summed E-state index contributed by atoms with van der Waals surface area (Å²) in [6.45, 7) is 7.24. The molecule has 0 amide bonds. The topological polar surface area (TPSA) is 0 Å². The van der Waals surface area contributed by atoms with E-state index in [1.54, 1.807) is 12.8 Å². The van der Waals surface area contributed by atoms with Gasteiger partial charge in [-0.15, -0.1) is 0 Å². The lowest BCUT2D eigenvalue weighted by atomic mass is 9.69. The van der Waals surface area contributed by atoms with Gasteiger partial charge in [-0.25, -0.2) is 0 Å². The minimum Gasteiger partial charge on any atom is -0.0599 e. The molecule has 0 spiro atoms. The van der Waals surface area contributed by atoms with Crippen LogP contribution < -0.4 is 0 Å². The second kappa shape index (κ2) is 3.29. The SMILES string of the molecule is CC(C)(C)C1CCC(C2CC2)CC1. The molecular formula is C13H24. The van der Waals surface area contributed by atoms with Crippen LogP contribution in [0.2, 0.25) is 0 Å². The Morgan fingerprint density at radius 2 is 1.08 bits per heavy atom. The van der Waals surface area contributed by atoms with Crippen LogP contribution in [0, 0.1) is 23.2 Å². The first-order chi connectivity index (χ1) is 6.07. The van der Waals surface area contributed by atoms with Gasteiger partial charge in [-0.1, -0.05) is 20.8 Å². The van der Waals surface area contributed by atoms with E-state index in [2.05, 4.69) is 20.8 Å². The lowest BCUT2D eigenvalue weighted by Crippen LogP contribution is -2.26. The normalized spacial score (nSPS) is 36.2. The van der Waals surface area contributed by atoms with Crippen LogP contribution in [0.5, 0.6) is 0 Å². The highest BCUT2D eigenvalue weighted by molar-refractivity contribution is 4.87. The molecule has 2 fully saturated rings. The van der Waals surface area contributed by atoms with Gasteiger partial charge in [0.2, 0.25) is 0 Å². The Morgan fingerprint density at radius 3 is 1.38 bits per heavy atom. The van der Waals surface area contributed by atoms with E-state index in [-0.39, 0.29) is 0 Å². The quantitative estimate of drug-likeness (QED) is 0.566. The minimum absolute atomic E-state index is 0.564. The summed E-state index contributed by atoms with van der Waals surface area (Å²) in [5, 5.41) is 0. The second-order valence-electron chi connectivity index (χ2n) is 6.32. The molecule has 0 nitrogen and oxygen atoms in total. The summed E-state index contributed by atoms with van der Waals surface area (Å²) in [5.74, 6) is 3.28. The molecule has 0 saturated heterocycles. The average Bonchev–Trinajstić information content (AvgIpc) is 2.85. The highest BCUT2D eigenvalue weighted by Crippen LogP contribution is 2.48. The Morgan fingerprint density at radius 1 is 0.692 bits per heavy atom. The largest absolute Gasteiger partial charge is 0.0599 e. The summed E-state index contributed by atoms with van der Waals surface area (Å²) in [4.78, 5) is 0. The molecule has 0 aromatic heterocycles. The highest BCUT2D eigenvalue weighted by Gasteiger charge is 2.36. The van der Waals surface area contributed by atoms with Crippen LogP contribution in [0.15, 0.2) is 0 Å². The molecule has 76 valence electrons. The van der Waals surface area contributed by atoms with E-state index in [4.69, 9.17) is 0 Å². The van der Waals surface area contributed by atoms with Gasteiger partial charge < -0.3 is 0 Å². The van der Waals surface area contributed by atoms with Crippen LogP contribution in [-0.4, -0.2) is 0 Å². The van der Waals surface area contributed by atoms with Crippen LogP contribution >= 0.6 is 0 Å². The fourth-order valence-electron chi connectivity index (χ4n) is 3.02. The van der Waals surface area contributed by atoms with Gasteiger partial charge in [-0.2, -0.15) is 0 Å². The smallest absolute Gasteiger partial charge is 0.0354 e. The van der Waals surface area contributed by atoms with Crippen molar-refractivity contribution < 1.29 is 0 Å². The van der Waals surface area contributed by atoms with E-state index in [0.29, 0.717) is 5.41 Å². The maximum atomic E-state index is 2.41. The van der Waals surface area contributed by atoms with Crippen LogP contribution in [0.25, 0.3) is 0 Å². The maximum Gasteiger partial charge on any atom is -0.0354 e. The Hall–Kier alpha value is 0. The Balaban J connectivity index is 1.81. The molecule has 2 rings (SSSR count). The Labute approximate surface area is 83.1 Å². The molecule has 0 atom stereocenters. The van der Waals surface area contributed by atoms with E-state index in [0.717, 1.165) is 17.8 Å². The van der Waals surface area contributed by atoms with Gasteiger partial charge in [0, 0.05) is 0 Å². The van der Waals surface area contributed by atoms with E-state index < -0.39 is 0 Å². The third-order valence-corrected chi connectivity index (χ3v) is 4.29. The van der Waals surface area contributed by atoms with Crippen molar-refractivity contribution in [1.29, 1.82) is 0 Å². The lowest BCUT2D eigenvalue weighted by molar-refractivity contribution is 0.142. The lowest BCUT2D eigenvalue weighted by Gasteiger charge is -2.37. The molecule has 2 aliphatic rings. The van der Waals surface area contributed by atoms with Gasteiger partial charge in [0.15, 0.2) is 0 Å². The van der Waals surface area contributed by atoms with Crippen molar-refractivity contribution in [3.05, 3.63) is 0 Å². The fraction of sp³-hybridized carbons (Fsp3) is 1.00. The summed E-state index contributed by atoms with van der Waals surface area (Å²) in [6, 6.07) is 0. The first-order valence-electron chi connectivity index (χ1n) is 6.07. The summed E-state index contributed by atoms with van der Waals surface area (Å²) < 4.78 is 0. The van der Waals surface area contributed by atoms with Gasteiger partial charge in [0.05, 0.1) is 0 Å². The van der Waals surface area contributed by atoms with Crippen molar-refractivity contribution >= 4 is 0 Å². The van der Waals surface area contributed by atoms with Crippen molar-refractivity contribution in [2.24, 2.45) is 23.2 Å². The third kappa shape index (κ3) is 2.27. The van der Waals surface area contributed by atoms with Gasteiger partial charge in [0.25, 0.3) is 0 Å². The van der Waals surface area contributed by atoms with Crippen LogP contribution in [0.3, 0.4) is 0 Å². The van der Waals surface area contributed by atoms with Crippen molar-refractivity contribution in [2.75, 3.05) is 0 Å². The Kier molecular flexibility index (Phi) is 2.42. The van der Waals surface area contributed by atoms with E-state index in [9.17, 15) is 0 Å². The average molecular weight is 180 g/mol.